The van der Waals surface area contributed by atoms with Crippen molar-refractivity contribution in [2.24, 2.45) is 0 Å². The molecule has 21 heavy (non-hydrogen) atoms. The van der Waals surface area contributed by atoms with E-state index in [1.807, 2.05) is 5.38 Å². The number of carboxylic acids is 1. The monoisotopic (exact) mass is 369 g/mol. The van der Waals surface area contributed by atoms with E-state index in [0.717, 1.165) is 10.5 Å². The summed E-state index contributed by atoms with van der Waals surface area (Å²) in [5.41, 5.74) is -0.00477. The number of pyridine rings is 1. The third-order valence-electron chi connectivity index (χ3n) is 2.88. The van der Waals surface area contributed by atoms with Crippen LogP contribution < -0.4 is 0 Å². The normalized spacial score (nSPS) is 11.0. The van der Waals surface area contributed by atoms with Gasteiger partial charge in [0.15, 0.2) is 5.82 Å². The summed E-state index contributed by atoms with van der Waals surface area (Å²) < 4.78 is 28.0. The Morgan fingerprint density at radius 1 is 1.24 bits per heavy atom. The molecule has 0 fully saturated rings. The Hall–Kier alpha value is -1.86. The molecule has 0 radical (unpaired) electrons. The van der Waals surface area contributed by atoms with E-state index in [9.17, 15) is 18.7 Å². The Balaban J connectivity index is 2.37. The number of benzene rings is 1. The number of halogens is 3. The first-order valence-corrected chi connectivity index (χ1v) is 7.40. The van der Waals surface area contributed by atoms with E-state index in [1.54, 1.807) is 6.07 Å². The van der Waals surface area contributed by atoms with Crippen molar-refractivity contribution in [1.82, 2.24) is 4.98 Å². The van der Waals surface area contributed by atoms with Crippen LogP contribution in [0.5, 0.6) is 0 Å². The highest BCUT2D eigenvalue weighted by atomic mass is 79.9. The zero-order valence-corrected chi connectivity index (χ0v) is 12.6. The number of nitrogens with zero attached hydrogens (tertiary/aromatic N) is 1. The van der Waals surface area contributed by atoms with Crippen molar-refractivity contribution in [1.29, 1.82) is 0 Å². The average Bonchev–Trinajstić information content (AvgIpc) is 2.84. The molecule has 0 saturated heterocycles. The van der Waals surface area contributed by atoms with Gasteiger partial charge >= 0.3 is 5.97 Å². The van der Waals surface area contributed by atoms with Crippen molar-refractivity contribution < 1.29 is 18.7 Å². The molecule has 0 saturated carbocycles. The lowest BCUT2D eigenvalue weighted by Gasteiger charge is -2.06. The van der Waals surface area contributed by atoms with Crippen LogP contribution in [-0.2, 0) is 0 Å². The summed E-state index contributed by atoms with van der Waals surface area (Å²) in [6.45, 7) is 0. The molecule has 0 bridgehead atoms. The van der Waals surface area contributed by atoms with E-state index in [0.29, 0.717) is 16.6 Å². The number of carboxylic acid groups (broad SMARTS) is 1. The number of hydrogen-bond donors (Lipinski definition) is 1. The van der Waals surface area contributed by atoms with Crippen molar-refractivity contribution in [3.63, 3.8) is 0 Å². The molecule has 0 unspecified atom stereocenters. The van der Waals surface area contributed by atoms with Gasteiger partial charge < -0.3 is 5.11 Å². The highest BCUT2D eigenvalue weighted by Gasteiger charge is 2.17. The molecule has 0 aliphatic heterocycles. The second-order valence-electron chi connectivity index (χ2n) is 4.27. The van der Waals surface area contributed by atoms with Crippen LogP contribution in [0.15, 0.2) is 34.1 Å². The zero-order valence-electron chi connectivity index (χ0n) is 10.2. The van der Waals surface area contributed by atoms with Gasteiger partial charge in [-0.15, -0.1) is 11.3 Å². The number of aromatic carboxylic acids is 1. The standard InChI is InChI=1S/C14H6BrF2NO2S/c15-6-1-12(21-5-6)11-4-9(14(19)20)8-2-7(16)3-10(17)13(8)18-11/h1-5H,(H,19,20). The van der Waals surface area contributed by atoms with Gasteiger partial charge in [-0.05, 0) is 34.1 Å². The number of hydrogen-bond acceptors (Lipinski definition) is 3. The molecule has 2 aromatic heterocycles. The molecule has 7 heteroatoms. The second-order valence-corrected chi connectivity index (χ2v) is 6.10. The molecule has 0 aliphatic rings. The average molecular weight is 370 g/mol. The Labute approximate surface area is 130 Å². The number of thiophene rings is 1. The van der Waals surface area contributed by atoms with E-state index in [4.69, 9.17) is 0 Å². The molecular weight excluding hydrogens is 364 g/mol. The summed E-state index contributed by atoms with van der Waals surface area (Å²) >= 11 is 4.64. The van der Waals surface area contributed by atoms with E-state index in [1.165, 1.54) is 17.4 Å². The van der Waals surface area contributed by atoms with Gasteiger partial charge in [0.2, 0.25) is 0 Å². The minimum Gasteiger partial charge on any atom is -0.478 e. The molecule has 0 atom stereocenters. The van der Waals surface area contributed by atoms with E-state index >= 15 is 0 Å². The Kier molecular flexibility index (Phi) is 3.46. The lowest BCUT2D eigenvalue weighted by atomic mass is 10.1. The number of rotatable bonds is 2. The minimum atomic E-state index is -1.26. The molecule has 3 aromatic rings. The summed E-state index contributed by atoms with van der Waals surface area (Å²) in [4.78, 5) is 16.2. The van der Waals surface area contributed by atoms with E-state index in [2.05, 4.69) is 20.9 Å². The van der Waals surface area contributed by atoms with Gasteiger partial charge in [-0.25, -0.2) is 18.6 Å². The first kappa shape index (κ1) is 14.1. The highest BCUT2D eigenvalue weighted by molar-refractivity contribution is 9.10. The summed E-state index contributed by atoms with van der Waals surface area (Å²) in [6.07, 6.45) is 0. The summed E-state index contributed by atoms with van der Waals surface area (Å²) in [5.74, 6) is -2.98. The van der Waals surface area contributed by atoms with Gasteiger partial charge in [-0.1, -0.05) is 0 Å². The number of aromatic nitrogens is 1. The van der Waals surface area contributed by atoms with Crippen molar-refractivity contribution >= 4 is 44.1 Å². The van der Waals surface area contributed by atoms with Gasteiger partial charge in [0, 0.05) is 21.3 Å². The van der Waals surface area contributed by atoms with Crippen LogP contribution in [-0.4, -0.2) is 16.1 Å². The van der Waals surface area contributed by atoms with E-state index in [-0.39, 0.29) is 16.5 Å². The molecule has 3 nitrogen and oxygen atoms in total. The lowest BCUT2D eigenvalue weighted by Crippen LogP contribution is -2.01. The molecule has 2 heterocycles. The van der Waals surface area contributed by atoms with Gasteiger partial charge in [0.25, 0.3) is 0 Å². The fourth-order valence-corrected chi connectivity index (χ4v) is 3.39. The topological polar surface area (TPSA) is 50.2 Å². The zero-order chi connectivity index (χ0) is 15.1. The highest BCUT2D eigenvalue weighted by Crippen LogP contribution is 2.32. The first-order valence-electron chi connectivity index (χ1n) is 5.73. The number of fused-ring (bicyclic) bond motifs is 1. The summed E-state index contributed by atoms with van der Waals surface area (Å²) in [6, 6.07) is 4.74. The van der Waals surface area contributed by atoms with Crippen LogP contribution in [0.4, 0.5) is 8.78 Å². The van der Waals surface area contributed by atoms with Gasteiger partial charge in [0.1, 0.15) is 11.3 Å². The molecule has 106 valence electrons. The van der Waals surface area contributed by atoms with Crippen molar-refractivity contribution in [3.8, 4) is 10.6 Å². The van der Waals surface area contributed by atoms with Crippen molar-refractivity contribution in [2.75, 3.05) is 0 Å². The van der Waals surface area contributed by atoms with Crippen LogP contribution in [0.3, 0.4) is 0 Å². The van der Waals surface area contributed by atoms with Crippen molar-refractivity contribution in [2.45, 2.75) is 0 Å². The molecule has 3 rings (SSSR count). The number of carbonyl (C=O) groups is 1. The first-order chi connectivity index (χ1) is 9.95. The predicted molar refractivity (Wildman–Crippen MR) is 79.6 cm³/mol. The van der Waals surface area contributed by atoms with Crippen LogP contribution in [0.25, 0.3) is 21.5 Å². The third-order valence-corrected chi connectivity index (χ3v) is 4.60. The molecule has 0 amide bonds. The summed E-state index contributed by atoms with van der Waals surface area (Å²) in [7, 11) is 0. The van der Waals surface area contributed by atoms with E-state index < -0.39 is 17.6 Å². The van der Waals surface area contributed by atoms with Gasteiger partial charge in [-0.2, -0.15) is 0 Å². The van der Waals surface area contributed by atoms with Gasteiger partial charge in [0.05, 0.1) is 16.1 Å². The second kappa shape index (κ2) is 5.16. The lowest BCUT2D eigenvalue weighted by molar-refractivity contribution is 0.0699. The SMILES string of the molecule is O=C(O)c1cc(-c2cc(Br)cs2)nc2c(F)cc(F)cc12. The Morgan fingerprint density at radius 2 is 2.00 bits per heavy atom. The quantitative estimate of drug-likeness (QED) is 0.711. The Morgan fingerprint density at radius 3 is 2.62 bits per heavy atom. The van der Waals surface area contributed by atoms with Crippen LogP contribution >= 0.6 is 27.3 Å². The molecule has 0 spiro atoms. The van der Waals surface area contributed by atoms with Crippen LogP contribution in [0.2, 0.25) is 0 Å². The Bertz CT molecular complexity index is 879. The molecule has 1 aromatic carbocycles. The van der Waals surface area contributed by atoms with Crippen LogP contribution in [0.1, 0.15) is 10.4 Å². The smallest absolute Gasteiger partial charge is 0.336 e. The maximum absolute atomic E-state index is 13.9. The maximum atomic E-state index is 13.9. The molecular formula is C14H6BrF2NO2S. The van der Waals surface area contributed by atoms with Crippen molar-refractivity contribution in [3.05, 3.63) is 51.3 Å². The largest absolute Gasteiger partial charge is 0.478 e. The van der Waals surface area contributed by atoms with Gasteiger partial charge in [-0.3, -0.25) is 0 Å². The minimum absolute atomic E-state index is 0.0561. The third kappa shape index (κ3) is 2.54. The molecule has 0 aliphatic carbocycles. The summed E-state index contributed by atoms with van der Waals surface area (Å²) in [5, 5.41) is 11.0. The molecule has 1 N–H and O–H groups in total. The van der Waals surface area contributed by atoms with Crippen LogP contribution in [0, 0.1) is 11.6 Å². The fourth-order valence-electron chi connectivity index (χ4n) is 2.00. The fraction of sp³-hybridized carbons (Fsp3) is 0. The maximum Gasteiger partial charge on any atom is 0.336 e. The predicted octanol–water partition coefficient (Wildman–Crippen LogP) is 4.70.